The molecule has 0 aliphatic heterocycles. The molecule has 30 heavy (non-hydrogen) atoms. The number of nitrogens with zero attached hydrogens (tertiary/aromatic N) is 1. The maximum atomic E-state index is 12.8. The zero-order valence-electron chi connectivity index (χ0n) is 17.3. The van der Waals surface area contributed by atoms with Crippen LogP contribution in [0, 0.1) is 19.8 Å². The molecule has 0 unspecified atom stereocenters. The minimum Gasteiger partial charge on any atom is -0.350 e. The monoisotopic (exact) mass is 463 g/mol. The van der Waals surface area contributed by atoms with Gasteiger partial charge in [-0.1, -0.05) is 31.5 Å². The fourth-order valence-corrected chi connectivity index (χ4v) is 5.76. The van der Waals surface area contributed by atoms with Gasteiger partial charge in [0.15, 0.2) is 0 Å². The highest BCUT2D eigenvalue weighted by molar-refractivity contribution is 7.89. The number of hydrogen-bond acceptors (Lipinski definition) is 6. The third kappa shape index (κ3) is 5.54. The van der Waals surface area contributed by atoms with E-state index in [1.54, 1.807) is 46.9 Å². The van der Waals surface area contributed by atoms with Crippen LogP contribution in [0.3, 0.4) is 0 Å². The van der Waals surface area contributed by atoms with Crippen LogP contribution in [0.15, 0.2) is 46.7 Å². The van der Waals surface area contributed by atoms with Gasteiger partial charge in [0.1, 0.15) is 6.04 Å². The number of carbonyl (C=O) groups is 1. The Hall–Kier alpha value is -2.07. The zero-order chi connectivity index (χ0) is 21.9. The first kappa shape index (κ1) is 22.6. The molecule has 2 N–H and O–H groups in total. The van der Waals surface area contributed by atoms with Crippen LogP contribution in [0.1, 0.15) is 29.3 Å². The highest BCUT2D eigenvalue weighted by Crippen LogP contribution is 2.29. The van der Waals surface area contributed by atoms with E-state index >= 15 is 0 Å². The molecule has 9 heteroatoms. The summed E-state index contributed by atoms with van der Waals surface area (Å²) in [5, 5.41) is 5.88. The van der Waals surface area contributed by atoms with Crippen molar-refractivity contribution in [2.24, 2.45) is 5.92 Å². The van der Waals surface area contributed by atoms with E-state index in [1.165, 1.54) is 0 Å². The lowest BCUT2D eigenvalue weighted by Gasteiger charge is -2.21. The van der Waals surface area contributed by atoms with Gasteiger partial charge in [-0.3, -0.25) is 4.79 Å². The molecule has 0 spiro atoms. The van der Waals surface area contributed by atoms with Gasteiger partial charge in [0, 0.05) is 10.3 Å². The molecule has 0 aliphatic rings. The second-order valence-corrected chi connectivity index (χ2v) is 11.3. The molecular formula is C21H25N3O3S3. The fraction of sp³-hybridized carbons (Fsp3) is 0.333. The second kappa shape index (κ2) is 9.38. The number of nitrogens with one attached hydrogen (secondary N) is 2. The Bertz CT molecular complexity index is 1120. The number of thiophene rings is 1. The lowest BCUT2D eigenvalue weighted by atomic mass is 10.1. The zero-order valence-corrected chi connectivity index (χ0v) is 19.7. The normalized spacial score (nSPS) is 12.8. The van der Waals surface area contributed by atoms with Crippen LogP contribution in [0.25, 0.3) is 10.6 Å². The van der Waals surface area contributed by atoms with Gasteiger partial charge in [0.25, 0.3) is 0 Å². The molecule has 0 aliphatic carbocycles. The van der Waals surface area contributed by atoms with Crippen LogP contribution in [0.5, 0.6) is 0 Å². The topological polar surface area (TPSA) is 88.2 Å². The van der Waals surface area contributed by atoms with Crippen molar-refractivity contribution in [3.63, 3.8) is 0 Å². The van der Waals surface area contributed by atoms with Crippen molar-refractivity contribution >= 4 is 38.6 Å². The number of aryl methyl sites for hydroxylation is 2. The van der Waals surface area contributed by atoms with Crippen LogP contribution < -0.4 is 10.0 Å². The molecule has 3 rings (SSSR count). The maximum absolute atomic E-state index is 12.8. The van der Waals surface area contributed by atoms with Gasteiger partial charge >= 0.3 is 0 Å². The molecule has 0 saturated heterocycles. The Morgan fingerprint density at radius 2 is 1.80 bits per heavy atom. The van der Waals surface area contributed by atoms with E-state index < -0.39 is 16.1 Å². The summed E-state index contributed by atoms with van der Waals surface area (Å²) in [6.45, 7) is 7.82. The molecule has 160 valence electrons. The van der Waals surface area contributed by atoms with Gasteiger partial charge in [-0.2, -0.15) is 4.72 Å². The molecule has 2 aromatic heterocycles. The minimum absolute atomic E-state index is 0.146. The summed E-state index contributed by atoms with van der Waals surface area (Å²) in [5.41, 5.74) is 1.90. The van der Waals surface area contributed by atoms with Crippen molar-refractivity contribution in [1.82, 2.24) is 15.0 Å². The van der Waals surface area contributed by atoms with Crippen molar-refractivity contribution in [2.45, 2.75) is 45.2 Å². The standard InChI is InChI=1S/C21H25N3O3S3/c1-13(2)20(24-30(26,27)17-8-5-14(3)6-9-17)21(25)22-11-16-7-10-19(29-16)18-12-28-15(4)23-18/h5-10,12-13,20,24H,11H2,1-4H3,(H,22,25)/t20-/m0/s1. The smallest absolute Gasteiger partial charge is 0.241 e. The van der Waals surface area contributed by atoms with E-state index in [2.05, 4.69) is 15.0 Å². The van der Waals surface area contributed by atoms with E-state index in [0.29, 0.717) is 6.54 Å². The van der Waals surface area contributed by atoms with Gasteiger partial charge in [0.05, 0.1) is 27.0 Å². The number of sulfonamides is 1. The first-order valence-electron chi connectivity index (χ1n) is 9.53. The Kier molecular flexibility index (Phi) is 7.07. The van der Waals surface area contributed by atoms with Crippen LogP contribution in [-0.2, 0) is 21.4 Å². The summed E-state index contributed by atoms with van der Waals surface area (Å²) in [5.74, 6) is -0.553. The van der Waals surface area contributed by atoms with E-state index in [-0.39, 0.29) is 16.7 Å². The number of rotatable bonds is 8. The van der Waals surface area contributed by atoms with Crippen LogP contribution in [0.2, 0.25) is 0 Å². The van der Waals surface area contributed by atoms with Gasteiger partial charge in [-0.25, -0.2) is 13.4 Å². The number of aromatic nitrogens is 1. The number of thiazole rings is 1. The molecule has 1 aromatic carbocycles. The Morgan fingerprint density at radius 3 is 2.40 bits per heavy atom. The minimum atomic E-state index is -3.79. The second-order valence-electron chi connectivity index (χ2n) is 7.39. The van der Waals surface area contributed by atoms with E-state index in [1.807, 2.05) is 45.2 Å². The fourth-order valence-electron chi connectivity index (χ4n) is 2.82. The van der Waals surface area contributed by atoms with Crippen LogP contribution in [0.4, 0.5) is 0 Å². The van der Waals surface area contributed by atoms with Crippen molar-refractivity contribution in [1.29, 1.82) is 0 Å². The quantitative estimate of drug-likeness (QED) is 0.526. The molecule has 2 heterocycles. The van der Waals surface area contributed by atoms with Crippen LogP contribution in [-0.4, -0.2) is 25.4 Å². The highest BCUT2D eigenvalue weighted by atomic mass is 32.2. The predicted octanol–water partition coefficient (Wildman–Crippen LogP) is 4.11. The van der Waals surface area contributed by atoms with Crippen LogP contribution >= 0.6 is 22.7 Å². The summed E-state index contributed by atoms with van der Waals surface area (Å²) >= 11 is 3.16. The Labute approximate surface area is 185 Å². The van der Waals surface area contributed by atoms with Gasteiger partial charge in [-0.15, -0.1) is 22.7 Å². The summed E-state index contributed by atoms with van der Waals surface area (Å²) in [6.07, 6.45) is 0. The molecule has 0 bridgehead atoms. The lowest BCUT2D eigenvalue weighted by molar-refractivity contribution is -0.123. The third-order valence-corrected chi connectivity index (χ3v) is 7.87. The molecular weight excluding hydrogens is 438 g/mol. The Morgan fingerprint density at radius 1 is 1.10 bits per heavy atom. The molecule has 3 aromatic rings. The van der Waals surface area contributed by atoms with E-state index in [9.17, 15) is 13.2 Å². The molecule has 0 radical (unpaired) electrons. The predicted molar refractivity (Wildman–Crippen MR) is 122 cm³/mol. The average molecular weight is 464 g/mol. The summed E-state index contributed by atoms with van der Waals surface area (Å²) in [6, 6.07) is 9.63. The van der Waals surface area contributed by atoms with Gasteiger partial charge < -0.3 is 5.32 Å². The SMILES string of the molecule is Cc1ccc(S(=O)(=O)N[C@H](C(=O)NCc2ccc(-c3csc(C)n3)s2)C(C)C)cc1. The van der Waals surface area contributed by atoms with E-state index in [0.717, 1.165) is 26.0 Å². The number of hydrogen-bond donors (Lipinski definition) is 2. The summed E-state index contributed by atoms with van der Waals surface area (Å²) in [7, 11) is -3.79. The van der Waals surface area contributed by atoms with E-state index in [4.69, 9.17) is 0 Å². The summed E-state index contributed by atoms with van der Waals surface area (Å²) < 4.78 is 28.0. The highest BCUT2D eigenvalue weighted by Gasteiger charge is 2.28. The average Bonchev–Trinajstić information content (AvgIpc) is 3.33. The third-order valence-electron chi connectivity index (χ3n) is 4.53. The van der Waals surface area contributed by atoms with Crippen molar-refractivity contribution in [3.8, 4) is 10.6 Å². The summed E-state index contributed by atoms with van der Waals surface area (Å²) in [4.78, 5) is 19.4. The number of amides is 1. The number of benzene rings is 1. The van der Waals surface area contributed by atoms with Crippen molar-refractivity contribution in [3.05, 3.63) is 57.2 Å². The lowest BCUT2D eigenvalue weighted by Crippen LogP contribution is -2.49. The Balaban J connectivity index is 1.66. The van der Waals surface area contributed by atoms with Crippen molar-refractivity contribution < 1.29 is 13.2 Å². The molecule has 0 saturated carbocycles. The molecule has 1 amide bonds. The maximum Gasteiger partial charge on any atom is 0.241 e. The van der Waals surface area contributed by atoms with Crippen molar-refractivity contribution in [2.75, 3.05) is 0 Å². The van der Waals surface area contributed by atoms with Gasteiger partial charge in [0.2, 0.25) is 15.9 Å². The number of carbonyl (C=O) groups excluding carboxylic acids is 1. The first-order chi connectivity index (χ1) is 14.2. The molecule has 1 atom stereocenters. The first-order valence-corrected chi connectivity index (χ1v) is 12.7. The molecule has 0 fully saturated rings. The molecule has 6 nitrogen and oxygen atoms in total. The van der Waals surface area contributed by atoms with Gasteiger partial charge in [-0.05, 0) is 44.0 Å². The largest absolute Gasteiger partial charge is 0.350 e.